The highest BCUT2D eigenvalue weighted by atomic mass is 35.5. The summed E-state index contributed by atoms with van der Waals surface area (Å²) >= 11 is 5.75. The van der Waals surface area contributed by atoms with Crippen LogP contribution in [0.3, 0.4) is 0 Å². The van der Waals surface area contributed by atoms with Gasteiger partial charge in [0, 0.05) is 25.0 Å². The Balaban J connectivity index is 1.88. The van der Waals surface area contributed by atoms with E-state index >= 15 is 0 Å². The van der Waals surface area contributed by atoms with E-state index in [4.69, 9.17) is 21.1 Å². The number of ether oxygens (including phenoxy) is 2. The monoisotopic (exact) mass is 242 g/mol. The third-order valence-corrected chi connectivity index (χ3v) is 2.78. The van der Waals surface area contributed by atoms with Crippen LogP contribution in [0.15, 0.2) is 6.07 Å². The summed E-state index contributed by atoms with van der Waals surface area (Å²) in [6.07, 6.45) is 2.11. The SMILES string of the molecule is Cc1cc(OCC2CCOCC2)nc(Cl)n1. The van der Waals surface area contributed by atoms with Crippen molar-refractivity contribution in [2.45, 2.75) is 19.8 Å². The van der Waals surface area contributed by atoms with Crippen molar-refractivity contribution in [3.05, 3.63) is 17.0 Å². The number of nitrogens with zero attached hydrogens (tertiary/aromatic N) is 2. The molecule has 16 heavy (non-hydrogen) atoms. The van der Waals surface area contributed by atoms with Gasteiger partial charge in [-0.3, -0.25) is 0 Å². The molecule has 0 radical (unpaired) electrons. The lowest BCUT2D eigenvalue weighted by Crippen LogP contribution is -2.21. The van der Waals surface area contributed by atoms with Crippen LogP contribution in [0, 0.1) is 12.8 Å². The van der Waals surface area contributed by atoms with Gasteiger partial charge in [0.05, 0.1) is 6.61 Å². The predicted molar refractivity (Wildman–Crippen MR) is 60.8 cm³/mol. The lowest BCUT2D eigenvalue weighted by atomic mass is 10.0. The normalized spacial score (nSPS) is 17.4. The van der Waals surface area contributed by atoms with E-state index < -0.39 is 0 Å². The summed E-state index contributed by atoms with van der Waals surface area (Å²) in [6.45, 7) is 4.21. The summed E-state index contributed by atoms with van der Waals surface area (Å²) in [5, 5.41) is 0.238. The Morgan fingerprint density at radius 3 is 2.88 bits per heavy atom. The van der Waals surface area contributed by atoms with Crippen LogP contribution in [-0.2, 0) is 4.74 Å². The molecule has 2 heterocycles. The fourth-order valence-electron chi connectivity index (χ4n) is 1.69. The first kappa shape index (κ1) is 11.6. The van der Waals surface area contributed by atoms with Crippen LogP contribution in [0.4, 0.5) is 0 Å². The molecule has 0 N–H and O–H groups in total. The Morgan fingerprint density at radius 1 is 1.44 bits per heavy atom. The van der Waals surface area contributed by atoms with Crippen molar-refractivity contribution < 1.29 is 9.47 Å². The molecule has 0 atom stereocenters. The number of hydrogen-bond donors (Lipinski definition) is 0. The second-order valence-corrected chi connectivity index (χ2v) is 4.32. The largest absolute Gasteiger partial charge is 0.477 e. The first-order valence-corrected chi connectivity index (χ1v) is 5.83. The predicted octanol–water partition coefficient (Wildman–Crippen LogP) is 2.24. The highest BCUT2D eigenvalue weighted by Crippen LogP contribution is 2.17. The van der Waals surface area contributed by atoms with Crippen molar-refractivity contribution in [3.63, 3.8) is 0 Å². The molecule has 0 aromatic carbocycles. The van der Waals surface area contributed by atoms with Crippen molar-refractivity contribution in [3.8, 4) is 5.88 Å². The van der Waals surface area contributed by atoms with Gasteiger partial charge in [-0.1, -0.05) is 0 Å². The Labute approximate surface area is 99.9 Å². The maximum atomic E-state index is 5.75. The standard InChI is InChI=1S/C11H15ClN2O2/c1-8-6-10(14-11(12)13-8)16-7-9-2-4-15-5-3-9/h6,9H,2-5,7H2,1H3. The number of halogens is 1. The number of aromatic nitrogens is 2. The van der Waals surface area contributed by atoms with E-state index in [1.54, 1.807) is 6.07 Å². The molecule has 0 saturated carbocycles. The molecule has 1 aliphatic rings. The van der Waals surface area contributed by atoms with Gasteiger partial charge in [-0.15, -0.1) is 0 Å². The van der Waals surface area contributed by atoms with Crippen LogP contribution in [0.5, 0.6) is 5.88 Å². The summed E-state index contributed by atoms with van der Waals surface area (Å²) in [6, 6.07) is 1.80. The molecule has 1 saturated heterocycles. The summed E-state index contributed by atoms with van der Waals surface area (Å²) in [5.41, 5.74) is 0.821. The zero-order valence-electron chi connectivity index (χ0n) is 9.28. The molecular formula is C11H15ClN2O2. The number of hydrogen-bond acceptors (Lipinski definition) is 4. The first-order chi connectivity index (χ1) is 7.74. The van der Waals surface area contributed by atoms with Crippen LogP contribution in [0.2, 0.25) is 5.28 Å². The van der Waals surface area contributed by atoms with E-state index in [0.29, 0.717) is 18.4 Å². The fourth-order valence-corrected chi connectivity index (χ4v) is 1.91. The highest BCUT2D eigenvalue weighted by Gasteiger charge is 2.14. The Morgan fingerprint density at radius 2 is 2.19 bits per heavy atom. The van der Waals surface area contributed by atoms with E-state index in [1.807, 2.05) is 6.92 Å². The molecule has 1 aromatic heterocycles. The zero-order valence-corrected chi connectivity index (χ0v) is 10.0. The average Bonchev–Trinajstić information content (AvgIpc) is 2.27. The molecular weight excluding hydrogens is 228 g/mol. The first-order valence-electron chi connectivity index (χ1n) is 5.46. The Bertz CT molecular complexity index is 334. The lowest BCUT2D eigenvalue weighted by Gasteiger charge is -2.21. The van der Waals surface area contributed by atoms with Gasteiger partial charge in [0.2, 0.25) is 11.2 Å². The van der Waals surface area contributed by atoms with Gasteiger partial charge >= 0.3 is 0 Å². The smallest absolute Gasteiger partial charge is 0.225 e. The molecule has 2 rings (SSSR count). The maximum Gasteiger partial charge on any atom is 0.225 e. The molecule has 1 fully saturated rings. The third-order valence-electron chi connectivity index (χ3n) is 2.61. The van der Waals surface area contributed by atoms with E-state index in [-0.39, 0.29) is 5.28 Å². The molecule has 0 spiro atoms. The summed E-state index contributed by atoms with van der Waals surface area (Å²) < 4.78 is 10.9. The second-order valence-electron chi connectivity index (χ2n) is 3.98. The van der Waals surface area contributed by atoms with Gasteiger partial charge in [-0.05, 0) is 37.3 Å². The van der Waals surface area contributed by atoms with Gasteiger partial charge in [-0.25, -0.2) is 4.98 Å². The minimum absolute atomic E-state index is 0.238. The van der Waals surface area contributed by atoms with Crippen LogP contribution < -0.4 is 4.74 Å². The van der Waals surface area contributed by atoms with Gasteiger partial charge in [-0.2, -0.15) is 4.98 Å². The van der Waals surface area contributed by atoms with Gasteiger partial charge < -0.3 is 9.47 Å². The third kappa shape index (κ3) is 3.32. The minimum atomic E-state index is 0.238. The van der Waals surface area contributed by atoms with Crippen LogP contribution in [-0.4, -0.2) is 29.8 Å². The molecule has 4 nitrogen and oxygen atoms in total. The minimum Gasteiger partial charge on any atom is -0.477 e. The van der Waals surface area contributed by atoms with Crippen LogP contribution >= 0.6 is 11.6 Å². The summed E-state index contributed by atoms with van der Waals surface area (Å²) in [7, 11) is 0. The van der Waals surface area contributed by atoms with Crippen molar-refractivity contribution in [2.24, 2.45) is 5.92 Å². The highest BCUT2D eigenvalue weighted by molar-refractivity contribution is 6.28. The quantitative estimate of drug-likeness (QED) is 0.763. The van der Waals surface area contributed by atoms with E-state index in [1.165, 1.54) is 0 Å². The average molecular weight is 243 g/mol. The van der Waals surface area contributed by atoms with Gasteiger partial charge in [0.25, 0.3) is 0 Å². The Hall–Kier alpha value is -0.870. The molecule has 88 valence electrons. The lowest BCUT2D eigenvalue weighted by molar-refractivity contribution is 0.0490. The molecule has 0 aliphatic carbocycles. The Kier molecular flexibility index (Phi) is 3.96. The van der Waals surface area contributed by atoms with Crippen molar-refractivity contribution in [1.82, 2.24) is 9.97 Å². The second kappa shape index (κ2) is 5.46. The summed E-state index contributed by atoms with van der Waals surface area (Å²) in [5.74, 6) is 1.12. The molecule has 0 amide bonds. The van der Waals surface area contributed by atoms with Crippen LogP contribution in [0.1, 0.15) is 18.5 Å². The fraction of sp³-hybridized carbons (Fsp3) is 0.636. The van der Waals surface area contributed by atoms with Crippen LogP contribution in [0.25, 0.3) is 0 Å². The molecule has 5 heteroatoms. The van der Waals surface area contributed by atoms with Gasteiger partial charge in [0.1, 0.15) is 0 Å². The maximum absolute atomic E-state index is 5.75. The van der Waals surface area contributed by atoms with Gasteiger partial charge in [0.15, 0.2) is 0 Å². The molecule has 1 aliphatic heterocycles. The topological polar surface area (TPSA) is 44.2 Å². The summed E-state index contributed by atoms with van der Waals surface area (Å²) in [4.78, 5) is 8.00. The van der Waals surface area contributed by atoms with E-state index in [0.717, 1.165) is 31.7 Å². The van der Waals surface area contributed by atoms with Crippen molar-refractivity contribution in [1.29, 1.82) is 0 Å². The van der Waals surface area contributed by atoms with E-state index in [2.05, 4.69) is 9.97 Å². The molecule has 1 aromatic rings. The van der Waals surface area contributed by atoms with Crippen molar-refractivity contribution >= 4 is 11.6 Å². The number of rotatable bonds is 3. The zero-order chi connectivity index (χ0) is 11.4. The molecule has 0 bridgehead atoms. The number of aryl methyl sites for hydroxylation is 1. The van der Waals surface area contributed by atoms with Crippen molar-refractivity contribution in [2.75, 3.05) is 19.8 Å². The molecule has 0 unspecified atom stereocenters. The van der Waals surface area contributed by atoms with E-state index in [9.17, 15) is 0 Å².